The number of rotatable bonds is 12. The molecule has 1 aliphatic heterocycles. The van der Waals surface area contributed by atoms with Gasteiger partial charge in [-0.1, -0.05) is 0 Å². The molecule has 1 amide bonds. The van der Waals surface area contributed by atoms with Gasteiger partial charge in [0.25, 0.3) is 20.0 Å². The van der Waals surface area contributed by atoms with E-state index in [-0.39, 0.29) is 54.7 Å². The number of benzene rings is 4. The van der Waals surface area contributed by atoms with Crippen LogP contribution in [0.4, 0.5) is 39.1 Å². The molecule has 5 aromatic rings. The third kappa shape index (κ3) is 8.78. The number of nitrogens with one attached hydrogen (secondary N) is 3. The predicted octanol–water partition coefficient (Wildman–Crippen LogP) is 6.44. The fraction of sp³-hybridized carbons (Fsp3) is 0.229. The number of carbonyl (C=O) groups excluding carboxylic acids is 1. The smallest absolute Gasteiger partial charge is 0.264 e. The summed E-state index contributed by atoms with van der Waals surface area (Å²) in [5.41, 5.74) is 2.53. The summed E-state index contributed by atoms with van der Waals surface area (Å²) < 4.78 is 75.1. The Hall–Kier alpha value is -5.83. The molecule has 0 atom stereocenters. The molecule has 0 saturated carbocycles. The topological polar surface area (TPSA) is 234 Å². The number of carbonyl (C=O) groups is 1. The largest absolute Gasteiger partial charge is 0.506 e. The Labute approximate surface area is 320 Å². The van der Waals surface area contributed by atoms with Crippen LogP contribution in [0.3, 0.4) is 0 Å². The molecule has 55 heavy (non-hydrogen) atoms. The van der Waals surface area contributed by atoms with Crippen LogP contribution in [0, 0.1) is 13.8 Å². The molecule has 288 valence electrons. The van der Waals surface area contributed by atoms with Crippen LogP contribution >= 0.6 is 11.5 Å². The minimum atomic E-state index is -4.37. The van der Waals surface area contributed by atoms with E-state index in [1.807, 2.05) is 4.90 Å². The average Bonchev–Trinajstić information content (AvgIpc) is 3.55. The number of morpholine rings is 1. The van der Waals surface area contributed by atoms with E-state index < -0.39 is 26.0 Å². The van der Waals surface area contributed by atoms with Crippen molar-refractivity contribution in [3.05, 3.63) is 71.8 Å². The molecule has 4 aromatic carbocycles. The van der Waals surface area contributed by atoms with E-state index in [2.05, 4.69) is 34.4 Å². The van der Waals surface area contributed by atoms with Gasteiger partial charge >= 0.3 is 0 Å². The van der Waals surface area contributed by atoms with Crippen LogP contribution in [-0.4, -0.2) is 77.1 Å². The van der Waals surface area contributed by atoms with E-state index in [1.54, 1.807) is 13.8 Å². The van der Waals surface area contributed by atoms with E-state index in [4.69, 9.17) is 9.47 Å². The first-order valence-corrected chi connectivity index (χ1v) is 20.2. The molecule has 1 aromatic heterocycles. The van der Waals surface area contributed by atoms with E-state index in [1.165, 1.54) is 74.7 Å². The van der Waals surface area contributed by atoms with Gasteiger partial charge in [0.15, 0.2) is 17.2 Å². The number of sulfonamides is 2. The van der Waals surface area contributed by atoms with Crippen LogP contribution in [-0.2, 0) is 34.3 Å². The highest BCUT2D eigenvalue weighted by Crippen LogP contribution is 2.41. The maximum atomic E-state index is 13.9. The second-order valence-electron chi connectivity index (χ2n) is 12.3. The number of phenolic OH excluding ortho intramolecular Hbond substituents is 2. The number of amides is 1. The molecule has 0 radical (unpaired) electrons. The first-order valence-electron chi connectivity index (χ1n) is 16.5. The zero-order chi connectivity index (χ0) is 39.5. The number of aromatic nitrogens is 1. The number of phenols is 2. The van der Waals surface area contributed by atoms with Gasteiger partial charge < -0.3 is 29.9 Å². The SMILES string of the molecule is COC=Nc1cc(N=Nc2snc3ccc(S(=O)(=O)Nc4ccc(N5CCOCC5)c(S(=O)(=O)Nc5cc(C)c(C)cc5O)c4)cc23)cc(NC(C)=O)c1O. The van der Waals surface area contributed by atoms with E-state index >= 15 is 0 Å². The molecule has 20 heteroatoms. The summed E-state index contributed by atoms with van der Waals surface area (Å²) in [6.45, 7) is 6.40. The lowest BCUT2D eigenvalue weighted by atomic mass is 10.1. The molecule has 0 bridgehead atoms. The van der Waals surface area contributed by atoms with E-state index in [0.717, 1.165) is 29.1 Å². The highest BCUT2D eigenvalue weighted by atomic mass is 32.2. The Kier molecular flexibility index (Phi) is 11.2. The molecule has 6 rings (SSSR count). The molecule has 1 fully saturated rings. The van der Waals surface area contributed by atoms with Gasteiger partial charge in [-0.2, -0.15) is 4.37 Å². The number of aromatic hydroxyl groups is 2. The highest BCUT2D eigenvalue weighted by molar-refractivity contribution is 7.93. The minimum absolute atomic E-state index is 0.0220. The third-order valence-corrected chi connectivity index (χ3v) is 11.9. The normalized spacial score (nSPS) is 13.8. The maximum Gasteiger partial charge on any atom is 0.264 e. The molecular formula is C35H36N8O9S3. The number of aliphatic imine (C=N–C) groups is 1. The van der Waals surface area contributed by atoms with Gasteiger partial charge in [0, 0.05) is 25.4 Å². The number of hydrogen-bond acceptors (Lipinski definition) is 15. The van der Waals surface area contributed by atoms with Crippen molar-refractivity contribution in [2.45, 2.75) is 30.6 Å². The quantitative estimate of drug-likeness (QED) is 0.0398. The van der Waals surface area contributed by atoms with Crippen molar-refractivity contribution in [2.75, 3.05) is 53.1 Å². The molecule has 1 saturated heterocycles. The van der Waals surface area contributed by atoms with Crippen molar-refractivity contribution in [3.8, 4) is 11.5 Å². The van der Waals surface area contributed by atoms with Gasteiger partial charge in [0.05, 0.1) is 59.2 Å². The number of methoxy groups -OCH3 is 1. The Morgan fingerprint density at radius 1 is 0.927 bits per heavy atom. The number of aryl methyl sites for hydroxylation is 2. The molecule has 0 aliphatic carbocycles. The van der Waals surface area contributed by atoms with Crippen molar-refractivity contribution in [1.29, 1.82) is 0 Å². The van der Waals surface area contributed by atoms with Crippen LogP contribution in [0.2, 0.25) is 0 Å². The first kappa shape index (κ1) is 38.9. The molecule has 2 heterocycles. The first-order chi connectivity index (χ1) is 26.1. The second kappa shape index (κ2) is 15.9. The molecule has 1 aliphatic rings. The fourth-order valence-electron chi connectivity index (χ4n) is 5.56. The minimum Gasteiger partial charge on any atom is -0.506 e. The lowest BCUT2D eigenvalue weighted by Gasteiger charge is -2.30. The second-order valence-corrected chi connectivity index (χ2v) is 16.4. The molecule has 17 nitrogen and oxygen atoms in total. The number of azo groups is 1. The monoisotopic (exact) mass is 808 g/mol. The van der Waals surface area contributed by atoms with E-state index in [0.29, 0.717) is 42.9 Å². The van der Waals surface area contributed by atoms with Gasteiger partial charge in [0.2, 0.25) is 5.91 Å². The lowest BCUT2D eigenvalue weighted by molar-refractivity contribution is -0.114. The fourth-order valence-corrected chi connectivity index (χ4v) is 8.64. The van der Waals surface area contributed by atoms with Crippen LogP contribution < -0.4 is 19.7 Å². The van der Waals surface area contributed by atoms with Crippen molar-refractivity contribution in [3.63, 3.8) is 0 Å². The summed E-state index contributed by atoms with van der Waals surface area (Å²) in [7, 11) is -7.30. The predicted molar refractivity (Wildman–Crippen MR) is 210 cm³/mol. The van der Waals surface area contributed by atoms with Gasteiger partial charge in [-0.15, -0.1) is 10.2 Å². The summed E-state index contributed by atoms with van der Waals surface area (Å²) in [6, 6.07) is 14.2. The van der Waals surface area contributed by atoms with Crippen LogP contribution in [0.1, 0.15) is 18.1 Å². The zero-order valence-corrected chi connectivity index (χ0v) is 32.3. The summed E-state index contributed by atoms with van der Waals surface area (Å²) in [4.78, 5) is 17.2. The Bertz CT molecular complexity index is 2570. The maximum absolute atomic E-state index is 13.9. The number of hydrogen-bond donors (Lipinski definition) is 5. The number of anilines is 4. The van der Waals surface area contributed by atoms with E-state index in [9.17, 15) is 31.8 Å². The number of ether oxygens (including phenoxy) is 2. The Morgan fingerprint density at radius 2 is 1.67 bits per heavy atom. The van der Waals surface area contributed by atoms with Crippen LogP contribution in [0.5, 0.6) is 11.5 Å². The summed E-state index contributed by atoms with van der Waals surface area (Å²) >= 11 is 0.965. The zero-order valence-electron chi connectivity index (χ0n) is 29.9. The van der Waals surface area contributed by atoms with Crippen molar-refractivity contribution >= 4 is 93.9 Å². The van der Waals surface area contributed by atoms with Gasteiger partial charge in [-0.3, -0.25) is 14.2 Å². The average molecular weight is 809 g/mol. The van der Waals surface area contributed by atoms with Crippen LogP contribution in [0.25, 0.3) is 10.9 Å². The van der Waals surface area contributed by atoms with Crippen LogP contribution in [0.15, 0.2) is 85.7 Å². The molecule has 0 unspecified atom stereocenters. The summed E-state index contributed by atoms with van der Waals surface area (Å²) in [5.74, 6) is -1.01. The lowest BCUT2D eigenvalue weighted by Crippen LogP contribution is -2.37. The molecule has 5 N–H and O–H groups in total. The molecular weight excluding hydrogens is 773 g/mol. The summed E-state index contributed by atoms with van der Waals surface area (Å²) in [6.07, 6.45) is 1.09. The van der Waals surface area contributed by atoms with Gasteiger partial charge in [-0.05, 0) is 97.2 Å². The summed E-state index contributed by atoms with van der Waals surface area (Å²) in [5, 5.41) is 32.7. The number of nitrogens with zero attached hydrogens (tertiary/aromatic N) is 5. The van der Waals surface area contributed by atoms with Crippen molar-refractivity contribution < 1.29 is 41.3 Å². The van der Waals surface area contributed by atoms with Gasteiger partial charge in [0.1, 0.15) is 16.3 Å². The highest BCUT2D eigenvalue weighted by Gasteiger charge is 2.27. The standard InChI is InChI=1S/C35H36N8O9S3/c1-20-13-28(32(45)14-21(20)2)42-55(49,50)33-17-23(5-8-31(33)43-9-11-52-12-10-43)41-54(47,48)25-6-7-27-26(18-25)35(53-40-27)39-38-24-15-29(36-19-51-4)34(46)30(16-24)37-22(3)44/h5-8,13-19,41-42,45-46H,9-12H2,1-4H3,(H,37,44). The Morgan fingerprint density at radius 3 is 2.40 bits per heavy atom. The molecule has 0 spiro atoms. The third-order valence-electron chi connectivity index (χ3n) is 8.39. The van der Waals surface area contributed by atoms with Crippen molar-refractivity contribution in [1.82, 2.24) is 4.37 Å². The van der Waals surface area contributed by atoms with Crippen molar-refractivity contribution in [2.24, 2.45) is 15.2 Å². The number of fused-ring (bicyclic) bond motifs is 1. The Balaban J connectivity index is 1.32. The van der Waals surface area contributed by atoms with Gasteiger partial charge in [-0.25, -0.2) is 21.8 Å².